The molecular formula is C10H9N3. The molecule has 0 aromatic carbocycles. The molecular weight excluding hydrogens is 162 g/mol. The lowest BCUT2D eigenvalue weighted by molar-refractivity contribution is 1.31. The summed E-state index contributed by atoms with van der Waals surface area (Å²) in [6.07, 6.45) is 5.27. The van der Waals surface area contributed by atoms with Crippen molar-refractivity contribution in [1.29, 1.82) is 0 Å². The van der Waals surface area contributed by atoms with Crippen LogP contribution in [0.25, 0.3) is 11.1 Å². The first kappa shape index (κ1) is 7.73. The van der Waals surface area contributed by atoms with Crippen LogP contribution in [0.4, 0.5) is 5.82 Å². The molecule has 0 amide bonds. The van der Waals surface area contributed by atoms with Gasteiger partial charge in [-0.05, 0) is 29.8 Å². The molecule has 0 aliphatic heterocycles. The summed E-state index contributed by atoms with van der Waals surface area (Å²) in [5.41, 5.74) is 7.63. The van der Waals surface area contributed by atoms with Crippen LogP contribution in [-0.2, 0) is 0 Å². The summed E-state index contributed by atoms with van der Waals surface area (Å²) in [7, 11) is 0. The van der Waals surface area contributed by atoms with E-state index in [-0.39, 0.29) is 0 Å². The van der Waals surface area contributed by atoms with Gasteiger partial charge in [0.15, 0.2) is 0 Å². The third-order valence-corrected chi connectivity index (χ3v) is 1.80. The zero-order chi connectivity index (χ0) is 9.10. The second kappa shape index (κ2) is 3.23. The van der Waals surface area contributed by atoms with Gasteiger partial charge in [-0.2, -0.15) is 0 Å². The van der Waals surface area contributed by atoms with Gasteiger partial charge in [-0.15, -0.1) is 0 Å². The molecule has 0 atom stereocenters. The molecule has 0 aliphatic rings. The minimum atomic E-state index is 0.540. The standard InChI is InChI=1S/C10H9N3/c11-10-2-1-9(7-13-10)8-3-5-12-6-4-8/h1-7H,(H2,11,13). The van der Waals surface area contributed by atoms with Crippen molar-refractivity contribution in [2.75, 3.05) is 5.73 Å². The van der Waals surface area contributed by atoms with Crippen LogP contribution in [0.15, 0.2) is 42.9 Å². The number of hydrogen-bond donors (Lipinski definition) is 1. The topological polar surface area (TPSA) is 51.8 Å². The maximum absolute atomic E-state index is 5.48. The van der Waals surface area contributed by atoms with Crippen molar-refractivity contribution in [3.63, 3.8) is 0 Å². The molecule has 3 heteroatoms. The van der Waals surface area contributed by atoms with E-state index < -0.39 is 0 Å². The van der Waals surface area contributed by atoms with Crippen LogP contribution in [0, 0.1) is 0 Å². The second-order valence-electron chi connectivity index (χ2n) is 2.71. The van der Waals surface area contributed by atoms with Crippen molar-refractivity contribution in [2.24, 2.45) is 0 Å². The van der Waals surface area contributed by atoms with Gasteiger partial charge >= 0.3 is 0 Å². The van der Waals surface area contributed by atoms with Crippen LogP contribution in [0.5, 0.6) is 0 Å². The van der Waals surface area contributed by atoms with Gasteiger partial charge in [-0.1, -0.05) is 0 Å². The Morgan fingerprint density at radius 3 is 2.31 bits per heavy atom. The summed E-state index contributed by atoms with van der Waals surface area (Å²) in [6, 6.07) is 7.60. The quantitative estimate of drug-likeness (QED) is 0.710. The second-order valence-corrected chi connectivity index (χ2v) is 2.71. The number of hydrogen-bond acceptors (Lipinski definition) is 3. The van der Waals surface area contributed by atoms with E-state index in [0.29, 0.717) is 5.82 Å². The first-order valence-corrected chi connectivity index (χ1v) is 3.98. The van der Waals surface area contributed by atoms with Gasteiger partial charge in [0.2, 0.25) is 0 Å². The first-order chi connectivity index (χ1) is 6.36. The zero-order valence-corrected chi connectivity index (χ0v) is 7.01. The summed E-state index contributed by atoms with van der Waals surface area (Å²) < 4.78 is 0. The maximum atomic E-state index is 5.48. The number of anilines is 1. The molecule has 2 rings (SSSR count). The van der Waals surface area contributed by atoms with Crippen molar-refractivity contribution >= 4 is 5.82 Å². The van der Waals surface area contributed by atoms with Crippen molar-refractivity contribution in [2.45, 2.75) is 0 Å². The van der Waals surface area contributed by atoms with E-state index in [4.69, 9.17) is 5.73 Å². The molecule has 0 bridgehead atoms. The van der Waals surface area contributed by atoms with Crippen molar-refractivity contribution < 1.29 is 0 Å². The summed E-state index contributed by atoms with van der Waals surface area (Å²) in [4.78, 5) is 7.96. The largest absolute Gasteiger partial charge is 0.384 e. The van der Waals surface area contributed by atoms with Gasteiger partial charge < -0.3 is 5.73 Å². The van der Waals surface area contributed by atoms with Crippen molar-refractivity contribution in [3.8, 4) is 11.1 Å². The molecule has 0 spiro atoms. The predicted molar refractivity (Wildman–Crippen MR) is 51.9 cm³/mol. The smallest absolute Gasteiger partial charge is 0.123 e. The number of nitrogens with zero attached hydrogens (tertiary/aromatic N) is 2. The van der Waals surface area contributed by atoms with Crippen LogP contribution >= 0.6 is 0 Å². The Kier molecular flexibility index (Phi) is 1.92. The molecule has 0 saturated heterocycles. The Hall–Kier alpha value is -1.90. The molecule has 13 heavy (non-hydrogen) atoms. The van der Waals surface area contributed by atoms with Crippen LogP contribution in [0.2, 0.25) is 0 Å². The molecule has 2 aromatic rings. The number of nitrogens with two attached hydrogens (primary N) is 1. The lowest BCUT2D eigenvalue weighted by Crippen LogP contribution is -1.88. The highest BCUT2D eigenvalue weighted by molar-refractivity contribution is 5.62. The average molecular weight is 171 g/mol. The minimum Gasteiger partial charge on any atom is -0.384 e. The molecule has 2 heterocycles. The van der Waals surface area contributed by atoms with E-state index >= 15 is 0 Å². The Balaban J connectivity index is 2.42. The van der Waals surface area contributed by atoms with Gasteiger partial charge in [-0.25, -0.2) is 4.98 Å². The van der Waals surface area contributed by atoms with Crippen LogP contribution in [-0.4, -0.2) is 9.97 Å². The molecule has 0 radical (unpaired) electrons. The zero-order valence-electron chi connectivity index (χ0n) is 7.01. The monoisotopic (exact) mass is 171 g/mol. The summed E-state index contributed by atoms with van der Waals surface area (Å²) in [6.45, 7) is 0. The van der Waals surface area contributed by atoms with E-state index in [0.717, 1.165) is 11.1 Å². The predicted octanol–water partition coefficient (Wildman–Crippen LogP) is 1.73. The van der Waals surface area contributed by atoms with Gasteiger partial charge in [0.1, 0.15) is 5.82 Å². The highest BCUT2D eigenvalue weighted by Crippen LogP contribution is 2.17. The minimum absolute atomic E-state index is 0.540. The molecule has 3 nitrogen and oxygen atoms in total. The molecule has 0 aliphatic carbocycles. The molecule has 0 fully saturated rings. The highest BCUT2D eigenvalue weighted by Gasteiger charge is 1.95. The van der Waals surface area contributed by atoms with E-state index in [1.54, 1.807) is 24.7 Å². The summed E-state index contributed by atoms with van der Waals surface area (Å²) in [5.74, 6) is 0.540. The number of aromatic nitrogens is 2. The third-order valence-electron chi connectivity index (χ3n) is 1.80. The fourth-order valence-corrected chi connectivity index (χ4v) is 1.12. The van der Waals surface area contributed by atoms with E-state index in [1.165, 1.54) is 0 Å². The van der Waals surface area contributed by atoms with Crippen molar-refractivity contribution in [3.05, 3.63) is 42.9 Å². The van der Waals surface area contributed by atoms with Crippen LogP contribution < -0.4 is 5.73 Å². The fourth-order valence-electron chi connectivity index (χ4n) is 1.12. The van der Waals surface area contributed by atoms with E-state index in [2.05, 4.69) is 9.97 Å². The fraction of sp³-hybridized carbons (Fsp3) is 0. The average Bonchev–Trinajstić information content (AvgIpc) is 2.20. The lowest BCUT2D eigenvalue weighted by atomic mass is 10.1. The highest BCUT2D eigenvalue weighted by atomic mass is 14.8. The molecule has 64 valence electrons. The first-order valence-electron chi connectivity index (χ1n) is 3.98. The number of rotatable bonds is 1. The Morgan fingerprint density at radius 1 is 0.923 bits per heavy atom. The third kappa shape index (κ3) is 1.64. The number of nitrogen functional groups attached to an aromatic ring is 1. The Labute approximate surface area is 76.3 Å². The van der Waals surface area contributed by atoms with Crippen molar-refractivity contribution in [1.82, 2.24) is 9.97 Å². The Bertz CT molecular complexity index is 381. The van der Waals surface area contributed by atoms with E-state index in [9.17, 15) is 0 Å². The molecule has 2 N–H and O–H groups in total. The van der Waals surface area contributed by atoms with Crippen LogP contribution in [0.3, 0.4) is 0 Å². The summed E-state index contributed by atoms with van der Waals surface area (Å²) in [5, 5.41) is 0. The molecule has 0 unspecified atom stereocenters. The number of pyridine rings is 2. The van der Waals surface area contributed by atoms with Gasteiger partial charge in [0.25, 0.3) is 0 Å². The van der Waals surface area contributed by atoms with E-state index in [1.807, 2.05) is 18.2 Å². The molecule has 2 aromatic heterocycles. The Morgan fingerprint density at radius 2 is 1.69 bits per heavy atom. The summed E-state index contributed by atoms with van der Waals surface area (Å²) >= 11 is 0. The normalized spacial score (nSPS) is 9.85. The van der Waals surface area contributed by atoms with Gasteiger partial charge in [-0.3, -0.25) is 4.98 Å². The van der Waals surface area contributed by atoms with Gasteiger partial charge in [0.05, 0.1) is 0 Å². The molecule has 0 saturated carbocycles. The SMILES string of the molecule is Nc1ccc(-c2ccncc2)cn1. The van der Waals surface area contributed by atoms with Crippen LogP contribution in [0.1, 0.15) is 0 Å². The maximum Gasteiger partial charge on any atom is 0.123 e. The van der Waals surface area contributed by atoms with Gasteiger partial charge in [0, 0.05) is 24.2 Å². The lowest BCUT2D eigenvalue weighted by Gasteiger charge is -1.99.